The van der Waals surface area contributed by atoms with Crippen LogP contribution in [0.25, 0.3) is 0 Å². The fourth-order valence-corrected chi connectivity index (χ4v) is 17.8. The fourth-order valence-electron chi connectivity index (χ4n) is 15.5. The first-order valence-electron chi connectivity index (χ1n) is 23.7. The van der Waals surface area contributed by atoms with Gasteiger partial charge in [0.25, 0.3) is 0 Å². The maximum Gasteiger partial charge on any atom is 0.312 e. The molecule has 6 aliphatic carbocycles. The Kier molecular flexibility index (Phi) is 12.1. The predicted octanol–water partition coefficient (Wildman–Crippen LogP) is 8.49. The summed E-state index contributed by atoms with van der Waals surface area (Å²) >= 11 is 2.04. The van der Waals surface area contributed by atoms with E-state index in [9.17, 15) is 27.5 Å². The molecule has 2 saturated heterocycles. The van der Waals surface area contributed by atoms with Crippen LogP contribution in [0.4, 0.5) is 4.39 Å². The highest BCUT2D eigenvalue weighted by Gasteiger charge is 2.70. The van der Waals surface area contributed by atoms with Crippen LogP contribution in [-0.2, 0) is 19.4 Å². The molecule has 0 aromatic carbocycles. The van der Waals surface area contributed by atoms with Gasteiger partial charge >= 0.3 is 5.97 Å². The molecule has 0 aromatic rings. The first kappa shape index (κ1) is 45.1. The Morgan fingerprint density at radius 2 is 1.55 bits per heavy atom. The first-order chi connectivity index (χ1) is 28.3. The molecule has 2 heterocycles. The Bertz CT molecular complexity index is 1910. The molecule has 8 aliphatic rings. The number of carbonyl (C=O) groups excluding carboxylic acids is 1. The molecule has 336 valence electrons. The van der Waals surface area contributed by atoms with E-state index in [0.29, 0.717) is 55.9 Å². The van der Waals surface area contributed by atoms with Gasteiger partial charge < -0.3 is 14.9 Å². The summed E-state index contributed by atoms with van der Waals surface area (Å²) in [6.45, 7) is 23.5. The molecule has 0 aromatic heterocycles. The molecule has 1 N–H and O–H groups in total. The molecule has 0 unspecified atom stereocenters. The van der Waals surface area contributed by atoms with Crippen molar-refractivity contribution in [3.8, 4) is 0 Å². The second-order valence-electron chi connectivity index (χ2n) is 22.4. The quantitative estimate of drug-likeness (QED) is 0.219. The van der Waals surface area contributed by atoms with Gasteiger partial charge in [-0.15, -0.1) is 0 Å². The van der Waals surface area contributed by atoms with E-state index >= 15 is 0 Å². The van der Waals surface area contributed by atoms with Crippen LogP contribution in [0.2, 0.25) is 0 Å². The van der Waals surface area contributed by atoms with Crippen molar-refractivity contribution in [2.45, 2.75) is 125 Å². The monoisotopic (exact) mass is 870 g/mol. The number of thioether (sulfide) groups is 1. The van der Waals surface area contributed by atoms with E-state index in [1.54, 1.807) is 0 Å². The van der Waals surface area contributed by atoms with Crippen molar-refractivity contribution in [3.05, 3.63) is 34.4 Å². The molecule has 8 atom stereocenters. The Morgan fingerprint density at radius 1 is 0.883 bits per heavy atom. The molecule has 0 bridgehead atoms. The molecular weight excluding hydrogens is 794 g/mol. The smallest absolute Gasteiger partial charge is 0.312 e. The summed E-state index contributed by atoms with van der Waals surface area (Å²) in [5, 5.41) is 9.89. The number of sulfone groups is 1. The lowest BCUT2D eigenvalue weighted by Gasteiger charge is -2.72. The van der Waals surface area contributed by atoms with Crippen LogP contribution in [0.15, 0.2) is 34.4 Å². The number of hydrogen-bond acceptors (Lipinski definition) is 8. The zero-order valence-corrected chi connectivity index (χ0v) is 39.7. The number of hydrogen-bond donors (Lipinski definition) is 1. The summed E-state index contributed by atoms with van der Waals surface area (Å²) < 4.78 is 38.8. The highest BCUT2D eigenvalue weighted by Crippen LogP contribution is 2.76. The molecule has 0 spiro atoms. The Labute approximate surface area is 365 Å². The van der Waals surface area contributed by atoms with Crippen LogP contribution in [0.1, 0.15) is 119 Å². The van der Waals surface area contributed by atoms with Crippen LogP contribution >= 0.6 is 11.8 Å². The number of aliphatic carboxylic acids is 1. The standard InChI is InChI=1S/C49H76FN3O5S2/c1-34(2)41-38(54)32-49(53(22-20-51-24-28-59-29-25-51)23-21-52-26-30-60(57,58)31-27-52)19-18-46(6)37(42(41)49)8-9-40-45(5)14-12-36(44(3,4)39(45)13-15-47(40,46)7)35-10-16-48(33-50,17-11-35)43(55)56/h10,12,34,37,39-40H,8-9,11,13-33H2,1-7H3,(H,55,56)/t37-,39+,40-,45+,46-,47-,48+,49-/m1/s1. The molecule has 60 heavy (non-hydrogen) atoms. The number of carboxylic acids is 1. The lowest BCUT2D eigenvalue weighted by Crippen LogP contribution is -2.66. The molecule has 2 aliphatic heterocycles. The topological polar surface area (TPSA) is 98.2 Å². The lowest BCUT2D eigenvalue weighted by molar-refractivity contribution is -0.200. The van der Waals surface area contributed by atoms with Crippen molar-refractivity contribution in [2.75, 3.05) is 82.0 Å². The summed E-state index contributed by atoms with van der Waals surface area (Å²) in [7, 11) is -2.96. The normalized spacial score (nSPS) is 40.7. The van der Waals surface area contributed by atoms with Gasteiger partial charge in [0.15, 0.2) is 15.6 Å². The van der Waals surface area contributed by atoms with Gasteiger partial charge in [0, 0.05) is 70.3 Å². The molecule has 3 saturated carbocycles. The summed E-state index contributed by atoms with van der Waals surface area (Å²) in [6, 6.07) is 0. The molecular formula is C49H76FN3O5S2. The average molecular weight is 870 g/mol. The van der Waals surface area contributed by atoms with Crippen molar-refractivity contribution in [1.29, 1.82) is 0 Å². The molecule has 0 amide bonds. The van der Waals surface area contributed by atoms with Gasteiger partial charge in [-0.2, -0.15) is 11.8 Å². The number of carboxylic acid groups (broad SMARTS) is 1. The van der Waals surface area contributed by atoms with E-state index in [2.05, 4.69) is 75.3 Å². The van der Waals surface area contributed by atoms with Gasteiger partial charge in [0.2, 0.25) is 0 Å². The fraction of sp³-hybridized carbons (Fsp3) is 0.837. The number of rotatable bonds is 11. The number of Topliss-reactive ketones (excluding diaryl/α,β-unsaturated/α-hetero) is 1. The Morgan fingerprint density at radius 3 is 2.15 bits per heavy atom. The van der Waals surface area contributed by atoms with Crippen LogP contribution in [0, 0.1) is 50.7 Å². The maximum absolute atomic E-state index is 14.6. The van der Waals surface area contributed by atoms with E-state index < -0.39 is 27.9 Å². The van der Waals surface area contributed by atoms with E-state index in [-0.39, 0.29) is 51.0 Å². The van der Waals surface area contributed by atoms with Crippen molar-refractivity contribution >= 4 is 33.4 Å². The lowest BCUT2D eigenvalue weighted by atomic mass is 9.33. The van der Waals surface area contributed by atoms with E-state index in [1.165, 1.54) is 34.6 Å². The number of ketones is 1. The second-order valence-corrected chi connectivity index (χ2v) is 25.9. The zero-order chi connectivity index (χ0) is 43.1. The number of fused-ring (bicyclic) bond motifs is 7. The van der Waals surface area contributed by atoms with Crippen LogP contribution < -0.4 is 0 Å². The van der Waals surface area contributed by atoms with Crippen molar-refractivity contribution in [3.63, 3.8) is 0 Å². The number of halogens is 1. The predicted molar refractivity (Wildman–Crippen MR) is 242 cm³/mol. The summed E-state index contributed by atoms with van der Waals surface area (Å²) in [5.74, 6) is 3.75. The first-order valence-corrected chi connectivity index (χ1v) is 26.7. The zero-order valence-electron chi connectivity index (χ0n) is 38.1. The van der Waals surface area contributed by atoms with E-state index in [0.717, 1.165) is 83.4 Å². The van der Waals surface area contributed by atoms with Crippen LogP contribution in [0.3, 0.4) is 0 Å². The molecule has 8 nitrogen and oxygen atoms in total. The van der Waals surface area contributed by atoms with Gasteiger partial charge in [-0.05, 0) is 132 Å². The minimum atomic E-state index is -2.96. The largest absolute Gasteiger partial charge is 0.481 e. The number of carbonyl (C=O) groups is 2. The van der Waals surface area contributed by atoms with E-state index in [4.69, 9.17) is 0 Å². The number of nitrogens with zero attached hydrogens (tertiary/aromatic N) is 3. The van der Waals surface area contributed by atoms with Crippen molar-refractivity contribution < 1.29 is 27.5 Å². The molecule has 11 heteroatoms. The minimum Gasteiger partial charge on any atom is -0.481 e. The minimum absolute atomic E-state index is 0.0526. The molecule has 5 fully saturated rings. The number of allylic oxidation sites excluding steroid dienone is 5. The van der Waals surface area contributed by atoms with E-state index in [1.807, 2.05) is 11.8 Å². The maximum atomic E-state index is 14.6. The van der Waals surface area contributed by atoms with Gasteiger partial charge in [-0.3, -0.25) is 14.5 Å². The third kappa shape index (κ3) is 7.19. The highest BCUT2D eigenvalue weighted by atomic mass is 32.2. The third-order valence-corrected chi connectivity index (χ3v) is 21.7. The van der Waals surface area contributed by atoms with Crippen molar-refractivity contribution in [1.82, 2.24) is 14.7 Å². The number of alkyl halides is 1. The van der Waals surface area contributed by atoms with Crippen LogP contribution in [-0.4, -0.2) is 128 Å². The second kappa shape index (κ2) is 16.2. The summed E-state index contributed by atoms with van der Waals surface area (Å²) in [6.07, 6.45) is 14.2. The molecule has 8 rings (SSSR count). The SMILES string of the molecule is CC(C)C1=C2[C@H]3CC[C@@H]4[C@@]5(C)CC=C(C6=CC[C@](CF)(C(=O)O)CC6)C(C)(C)[C@@H]5CC[C@@]4(C)[C@]3(C)CC[C@@]2(N(CCN2CCSCC2)CCN2CCS(=O)(=O)CC2)CC1=O. The highest BCUT2D eigenvalue weighted by molar-refractivity contribution is 7.99. The van der Waals surface area contributed by atoms with Crippen molar-refractivity contribution in [2.24, 2.45) is 50.7 Å². The van der Waals surface area contributed by atoms with Gasteiger partial charge in [-0.1, -0.05) is 60.6 Å². The van der Waals surface area contributed by atoms with Gasteiger partial charge in [0.1, 0.15) is 6.67 Å². The summed E-state index contributed by atoms with van der Waals surface area (Å²) in [4.78, 5) is 34.5. The third-order valence-electron chi connectivity index (χ3n) is 19.2. The molecule has 0 radical (unpaired) electrons. The Hall–Kier alpha value is -1.53. The average Bonchev–Trinajstić information content (AvgIpc) is 3.51. The van der Waals surface area contributed by atoms with Crippen LogP contribution in [0.5, 0.6) is 0 Å². The summed E-state index contributed by atoms with van der Waals surface area (Å²) in [5.41, 5.74) is 3.88. The van der Waals surface area contributed by atoms with Gasteiger partial charge in [0.05, 0.1) is 22.5 Å². The van der Waals surface area contributed by atoms with Gasteiger partial charge in [-0.25, -0.2) is 12.8 Å². The Balaban J connectivity index is 1.11.